The van der Waals surface area contributed by atoms with Crippen LogP contribution in [-0.4, -0.2) is 48.1 Å². The molecular weight excluding hydrogens is 436 g/mol. The molecule has 0 aromatic carbocycles. The first-order chi connectivity index (χ1) is 16.2. The van der Waals surface area contributed by atoms with E-state index >= 15 is 0 Å². The monoisotopic (exact) mass is 468 g/mol. The van der Waals surface area contributed by atoms with Crippen molar-refractivity contribution in [1.29, 1.82) is 0 Å². The normalized spacial score (nSPS) is 20.6. The van der Waals surface area contributed by atoms with E-state index in [0.29, 0.717) is 18.4 Å². The molecule has 2 aliphatic rings. The van der Waals surface area contributed by atoms with Crippen LogP contribution in [0.5, 0.6) is 5.88 Å². The number of nitrogens with zero attached hydrogens (tertiary/aromatic N) is 3. The van der Waals surface area contributed by atoms with Crippen molar-refractivity contribution >= 4 is 23.0 Å². The molecule has 4 rings (SSSR count). The number of pyridine rings is 1. The van der Waals surface area contributed by atoms with Gasteiger partial charge in [-0.15, -0.1) is 11.3 Å². The average Bonchev–Trinajstić information content (AvgIpc) is 3.31. The van der Waals surface area contributed by atoms with E-state index < -0.39 is 0 Å². The maximum absolute atomic E-state index is 12.3. The van der Waals surface area contributed by atoms with Crippen molar-refractivity contribution in [3.8, 4) is 5.88 Å². The van der Waals surface area contributed by atoms with Crippen molar-refractivity contribution in [3.63, 3.8) is 0 Å². The molecule has 0 radical (unpaired) electrons. The molecule has 0 bridgehead atoms. The minimum Gasteiger partial charge on any atom is -0.481 e. The highest BCUT2D eigenvalue weighted by atomic mass is 32.1. The highest BCUT2D eigenvalue weighted by Gasteiger charge is 2.25. The number of hydrogen-bond acceptors (Lipinski definition) is 8. The van der Waals surface area contributed by atoms with E-state index in [9.17, 15) is 4.79 Å². The lowest BCUT2D eigenvalue weighted by Gasteiger charge is -2.30. The van der Waals surface area contributed by atoms with Crippen molar-refractivity contribution in [2.45, 2.75) is 57.5 Å². The average molecular weight is 469 g/mol. The highest BCUT2D eigenvalue weighted by Crippen LogP contribution is 2.32. The fourth-order valence-electron chi connectivity index (χ4n) is 4.35. The van der Waals surface area contributed by atoms with Crippen LogP contribution in [0.1, 0.15) is 61.2 Å². The second kappa shape index (κ2) is 11.5. The topological polar surface area (TPSA) is 85.7 Å². The number of rotatable bonds is 10. The number of dihydropyridines is 1. The number of thiazole rings is 1. The molecule has 4 heterocycles. The SMILES string of the molecule is CCOC(=O)CC(c1ccc(OC)nc1)c1nc(CCCC2=NC3NCCCC3C=C2)cs1. The molecule has 0 spiro atoms. The van der Waals surface area contributed by atoms with Gasteiger partial charge in [-0.25, -0.2) is 9.97 Å². The number of allylic oxidation sites excluding steroid dienone is 1. The molecule has 2 aliphatic heterocycles. The van der Waals surface area contributed by atoms with Gasteiger partial charge in [0.15, 0.2) is 0 Å². The van der Waals surface area contributed by atoms with Crippen LogP contribution in [0.4, 0.5) is 0 Å². The van der Waals surface area contributed by atoms with Gasteiger partial charge in [0, 0.05) is 35.2 Å². The fourth-order valence-corrected chi connectivity index (χ4v) is 5.33. The Labute approximate surface area is 199 Å². The highest BCUT2D eigenvalue weighted by molar-refractivity contribution is 7.09. The Morgan fingerprint density at radius 3 is 3.03 bits per heavy atom. The molecule has 0 aliphatic carbocycles. The van der Waals surface area contributed by atoms with Crippen LogP contribution < -0.4 is 10.1 Å². The molecule has 2 aromatic rings. The van der Waals surface area contributed by atoms with Crippen LogP contribution in [0.2, 0.25) is 0 Å². The van der Waals surface area contributed by atoms with Gasteiger partial charge in [-0.1, -0.05) is 12.1 Å². The summed E-state index contributed by atoms with van der Waals surface area (Å²) in [7, 11) is 1.59. The van der Waals surface area contributed by atoms with Crippen molar-refractivity contribution in [2.24, 2.45) is 10.9 Å². The van der Waals surface area contributed by atoms with Crippen molar-refractivity contribution < 1.29 is 14.3 Å². The van der Waals surface area contributed by atoms with Crippen LogP contribution in [0.15, 0.2) is 40.9 Å². The fraction of sp³-hybridized carbons (Fsp3) is 0.520. The van der Waals surface area contributed by atoms with Crippen molar-refractivity contribution in [1.82, 2.24) is 15.3 Å². The summed E-state index contributed by atoms with van der Waals surface area (Å²) in [6.45, 7) is 3.24. The summed E-state index contributed by atoms with van der Waals surface area (Å²) < 4.78 is 10.4. The van der Waals surface area contributed by atoms with Crippen molar-refractivity contribution in [2.75, 3.05) is 20.3 Å². The van der Waals surface area contributed by atoms with E-state index in [4.69, 9.17) is 19.5 Å². The second-order valence-corrected chi connectivity index (χ2v) is 9.30. The van der Waals surface area contributed by atoms with Gasteiger partial charge in [-0.05, 0) is 57.2 Å². The third-order valence-electron chi connectivity index (χ3n) is 6.09. The number of nitrogens with one attached hydrogen (secondary N) is 1. The zero-order chi connectivity index (χ0) is 23.0. The van der Waals surface area contributed by atoms with Crippen LogP contribution in [0.3, 0.4) is 0 Å². The smallest absolute Gasteiger partial charge is 0.306 e. The number of aromatic nitrogens is 2. The molecule has 1 N–H and O–H groups in total. The van der Waals surface area contributed by atoms with Gasteiger partial charge in [0.1, 0.15) is 11.2 Å². The lowest BCUT2D eigenvalue weighted by Crippen LogP contribution is -2.41. The van der Waals surface area contributed by atoms with E-state index in [2.05, 4.69) is 27.8 Å². The number of methoxy groups -OCH3 is 1. The van der Waals surface area contributed by atoms with Crippen LogP contribution in [-0.2, 0) is 16.0 Å². The summed E-state index contributed by atoms with van der Waals surface area (Å²) in [5.74, 6) is 0.684. The first-order valence-electron chi connectivity index (χ1n) is 11.7. The summed E-state index contributed by atoms with van der Waals surface area (Å²) in [5, 5.41) is 6.53. The second-order valence-electron chi connectivity index (χ2n) is 8.41. The molecule has 7 nitrogen and oxygen atoms in total. The molecule has 0 amide bonds. The van der Waals surface area contributed by atoms with Gasteiger partial charge in [0.2, 0.25) is 5.88 Å². The molecule has 33 heavy (non-hydrogen) atoms. The Morgan fingerprint density at radius 1 is 1.33 bits per heavy atom. The Morgan fingerprint density at radius 2 is 2.24 bits per heavy atom. The van der Waals surface area contributed by atoms with E-state index in [1.165, 1.54) is 18.6 Å². The lowest BCUT2D eigenvalue weighted by molar-refractivity contribution is -0.143. The molecular formula is C25H32N4O3S. The van der Waals surface area contributed by atoms with E-state index in [0.717, 1.165) is 42.1 Å². The molecule has 176 valence electrons. The number of aliphatic imine (C=N–C) groups is 1. The molecule has 1 fully saturated rings. The van der Waals surface area contributed by atoms with Gasteiger partial charge in [-0.2, -0.15) is 0 Å². The number of esters is 1. The zero-order valence-electron chi connectivity index (χ0n) is 19.3. The summed E-state index contributed by atoms with van der Waals surface area (Å²) in [6.07, 6.45) is 12.1. The lowest BCUT2D eigenvalue weighted by atomic mass is 9.92. The Kier molecular flexibility index (Phi) is 8.23. The van der Waals surface area contributed by atoms with Crippen molar-refractivity contribution in [3.05, 3.63) is 52.1 Å². The summed E-state index contributed by atoms with van der Waals surface area (Å²) in [6, 6.07) is 3.75. The molecule has 0 saturated carbocycles. The number of carbonyl (C=O) groups excluding carboxylic acids is 1. The maximum atomic E-state index is 12.3. The Bertz CT molecular complexity index is 986. The number of hydrogen-bond donors (Lipinski definition) is 1. The molecule has 1 saturated heterocycles. The number of piperidine rings is 1. The summed E-state index contributed by atoms with van der Waals surface area (Å²) >= 11 is 1.59. The zero-order valence-corrected chi connectivity index (χ0v) is 20.1. The van der Waals surface area contributed by atoms with E-state index in [1.807, 2.05) is 19.1 Å². The predicted molar refractivity (Wildman–Crippen MR) is 130 cm³/mol. The maximum Gasteiger partial charge on any atom is 0.306 e. The van der Waals surface area contributed by atoms with Crippen LogP contribution >= 0.6 is 11.3 Å². The number of carbonyl (C=O) groups is 1. The van der Waals surface area contributed by atoms with Gasteiger partial charge in [0.05, 0.1) is 25.8 Å². The summed E-state index contributed by atoms with van der Waals surface area (Å²) in [4.78, 5) is 26.4. The number of aryl methyl sites for hydroxylation is 1. The summed E-state index contributed by atoms with van der Waals surface area (Å²) in [5.41, 5.74) is 3.16. The quantitative estimate of drug-likeness (QED) is 0.524. The van der Waals surface area contributed by atoms with E-state index in [-0.39, 0.29) is 24.5 Å². The third-order valence-corrected chi connectivity index (χ3v) is 7.10. The first kappa shape index (κ1) is 23.6. The molecule has 8 heteroatoms. The van der Waals surface area contributed by atoms with E-state index in [1.54, 1.807) is 24.6 Å². The van der Waals surface area contributed by atoms with Gasteiger partial charge in [0.25, 0.3) is 0 Å². The number of ether oxygens (including phenoxy) is 2. The minimum atomic E-state index is -0.230. The molecule has 2 aromatic heterocycles. The minimum absolute atomic E-state index is 0.179. The third kappa shape index (κ3) is 6.26. The van der Waals surface area contributed by atoms with Gasteiger partial charge < -0.3 is 9.47 Å². The van der Waals surface area contributed by atoms with Crippen LogP contribution in [0.25, 0.3) is 0 Å². The number of fused-ring (bicyclic) bond motifs is 1. The van der Waals surface area contributed by atoms with Gasteiger partial charge >= 0.3 is 5.97 Å². The van der Waals surface area contributed by atoms with Gasteiger partial charge in [-0.3, -0.25) is 15.1 Å². The molecule has 3 unspecified atom stereocenters. The first-order valence-corrected chi connectivity index (χ1v) is 12.6. The predicted octanol–water partition coefficient (Wildman–Crippen LogP) is 4.29. The largest absolute Gasteiger partial charge is 0.481 e. The Balaban J connectivity index is 1.38. The standard InChI is InChI=1S/C25H32N4O3S/c1-3-32-23(30)14-21(18-10-12-22(31-2)27-15-18)25-29-20(16-33-25)8-4-7-19-11-9-17-6-5-13-26-24(17)28-19/h9-12,15-17,21,24,26H,3-8,13-14H2,1-2H3. The Hall–Kier alpha value is -2.58. The van der Waals surface area contributed by atoms with Crippen LogP contribution in [0, 0.1) is 5.92 Å². The molecule has 3 atom stereocenters.